The number of likely N-dealkylation sites (tertiary alicyclic amines) is 1. The summed E-state index contributed by atoms with van der Waals surface area (Å²) in [4.78, 5) is 35.1. The molecule has 1 aromatic rings. The number of carbonyl (C=O) groups excluding carboxylic acids is 2. The van der Waals surface area contributed by atoms with Crippen molar-refractivity contribution in [3.8, 4) is 0 Å². The Balaban J connectivity index is 1.35. The van der Waals surface area contributed by atoms with Crippen LogP contribution in [0.25, 0.3) is 0 Å². The van der Waals surface area contributed by atoms with Crippen LogP contribution in [0.1, 0.15) is 42.5 Å². The summed E-state index contributed by atoms with van der Waals surface area (Å²) in [6.45, 7) is 6.52. The van der Waals surface area contributed by atoms with Crippen LogP contribution in [-0.2, 0) is 36.8 Å². The number of pyridine rings is 1. The number of hydrogen-bond donors (Lipinski definition) is 0. The third-order valence-electron chi connectivity index (χ3n) is 8.89. The second-order valence-electron chi connectivity index (χ2n) is 11.1. The highest BCUT2D eigenvalue weighted by Gasteiger charge is 2.58. The predicted molar refractivity (Wildman–Crippen MR) is 130 cm³/mol. The molecule has 1 saturated carbocycles. The number of carbonyl (C=O) groups is 2. The van der Waals surface area contributed by atoms with Crippen LogP contribution in [-0.4, -0.2) is 86.4 Å². The second-order valence-corrected chi connectivity index (χ2v) is 11.1. The zero-order valence-electron chi connectivity index (χ0n) is 21.3. The largest absolute Gasteiger partial charge is 0.468 e. The molecule has 5 rings (SSSR count). The van der Waals surface area contributed by atoms with Gasteiger partial charge in [-0.2, -0.15) is 0 Å². The first kappa shape index (κ1) is 24.7. The number of esters is 1. The molecule has 0 radical (unpaired) electrons. The number of amides is 1. The summed E-state index contributed by atoms with van der Waals surface area (Å²) < 4.78 is 16.3. The average Bonchev–Trinajstić information content (AvgIpc) is 3.37. The first-order valence-electron chi connectivity index (χ1n) is 13.1. The Morgan fingerprint density at radius 2 is 2.17 bits per heavy atom. The number of nitrogens with zero attached hydrogens (tertiary/aromatic N) is 3. The molecule has 0 N–H and O–H groups in total. The molecule has 1 amide bonds. The minimum atomic E-state index is -0.429. The lowest BCUT2D eigenvalue weighted by molar-refractivity contribution is -0.145. The number of fused-ring (bicyclic) bond motifs is 2. The van der Waals surface area contributed by atoms with Crippen molar-refractivity contribution in [2.24, 2.45) is 23.2 Å². The van der Waals surface area contributed by atoms with E-state index >= 15 is 0 Å². The Morgan fingerprint density at radius 3 is 2.97 bits per heavy atom. The van der Waals surface area contributed by atoms with Crippen LogP contribution in [0.4, 0.5) is 0 Å². The van der Waals surface area contributed by atoms with Gasteiger partial charge in [0.15, 0.2) is 0 Å². The quantitative estimate of drug-likeness (QED) is 0.572. The van der Waals surface area contributed by atoms with E-state index in [0.717, 1.165) is 56.5 Å². The Labute approximate surface area is 208 Å². The van der Waals surface area contributed by atoms with E-state index in [1.165, 1.54) is 12.7 Å². The van der Waals surface area contributed by atoms with Gasteiger partial charge < -0.3 is 19.1 Å². The zero-order valence-corrected chi connectivity index (χ0v) is 21.3. The molecule has 3 fully saturated rings. The fourth-order valence-electron chi connectivity index (χ4n) is 7.24. The number of aromatic nitrogens is 1. The van der Waals surface area contributed by atoms with E-state index < -0.39 is 5.41 Å². The van der Waals surface area contributed by atoms with Gasteiger partial charge in [0.2, 0.25) is 5.91 Å². The lowest BCUT2D eigenvalue weighted by Crippen LogP contribution is -2.49. The van der Waals surface area contributed by atoms with Gasteiger partial charge in [-0.05, 0) is 61.5 Å². The molecule has 8 nitrogen and oxygen atoms in total. The maximum absolute atomic E-state index is 14.3. The van der Waals surface area contributed by atoms with E-state index in [1.54, 1.807) is 7.11 Å². The average molecular weight is 486 g/mol. The molecule has 1 aliphatic carbocycles. The summed E-state index contributed by atoms with van der Waals surface area (Å²) in [6, 6.07) is 2.17. The molecule has 8 heteroatoms. The van der Waals surface area contributed by atoms with Crippen LogP contribution >= 0.6 is 0 Å². The Morgan fingerprint density at radius 1 is 1.31 bits per heavy atom. The Bertz CT molecular complexity index is 955. The number of aryl methyl sites for hydroxylation is 1. The van der Waals surface area contributed by atoms with Crippen LogP contribution < -0.4 is 0 Å². The fraction of sp³-hybridized carbons (Fsp3) is 0.741. The Kier molecular flexibility index (Phi) is 7.15. The van der Waals surface area contributed by atoms with Crippen molar-refractivity contribution in [3.63, 3.8) is 0 Å². The van der Waals surface area contributed by atoms with Gasteiger partial charge in [0.1, 0.15) is 0 Å². The maximum Gasteiger partial charge on any atom is 0.319 e. The lowest BCUT2D eigenvalue weighted by Gasteiger charge is -2.37. The molecule has 0 spiro atoms. The van der Waals surface area contributed by atoms with E-state index in [0.29, 0.717) is 38.1 Å². The standard InChI is InChI=1S/C27H39N3O5/c1-18-8-21-13-30(6-4-23(21)28-12-18)26(32)27-11-19(9-20-5-7-35-16-24(20)33-2)10-22(27)14-29(17-27)15-25(31)34-3/h8,12,19-20,22,24H,4-7,9-11,13-17H2,1-3H3/t19-,20?,22+,24?,27+/m1/s1. The summed E-state index contributed by atoms with van der Waals surface area (Å²) >= 11 is 0. The summed E-state index contributed by atoms with van der Waals surface area (Å²) in [6.07, 6.45) is 6.87. The smallest absolute Gasteiger partial charge is 0.319 e. The number of hydrogen-bond acceptors (Lipinski definition) is 7. The maximum atomic E-state index is 14.3. The van der Waals surface area contributed by atoms with Crippen molar-refractivity contribution in [1.82, 2.24) is 14.8 Å². The third-order valence-corrected chi connectivity index (χ3v) is 8.89. The van der Waals surface area contributed by atoms with Crippen molar-refractivity contribution in [1.29, 1.82) is 0 Å². The van der Waals surface area contributed by atoms with Crippen molar-refractivity contribution < 1.29 is 23.8 Å². The molecule has 0 bridgehead atoms. The van der Waals surface area contributed by atoms with E-state index in [4.69, 9.17) is 14.2 Å². The monoisotopic (exact) mass is 485 g/mol. The lowest BCUT2D eigenvalue weighted by atomic mass is 9.78. The van der Waals surface area contributed by atoms with Gasteiger partial charge in [-0.15, -0.1) is 0 Å². The molecular weight excluding hydrogens is 446 g/mol. The van der Waals surface area contributed by atoms with E-state index in [-0.39, 0.29) is 30.4 Å². The summed E-state index contributed by atoms with van der Waals surface area (Å²) in [5.41, 5.74) is 2.98. The van der Waals surface area contributed by atoms with Crippen LogP contribution in [0.5, 0.6) is 0 Å². The molecule has 4 heterocycles. The van der Waals surface area contributed by atoms with Gasteiger partial charge in [0, 0.05) is 58.2 Å². The normalized spacial score (nSPS) is 32.8. The van der Waals surface area contributed by atoms with Crippen molar-refractivity contribution in [3.05, 3.63) is 29.1 Å². The first-order chi connectivity index (χ1) is 16.9. The van der Waals surface area contributed by atoms with E-state index in [9.17, 15) is 9.59 Å². The van der Waals surface area contributed by atoms with E-state index in [1.807, 2.05) is 6.20 Å². The van der Waals surface area contributed by atoms with Crippen molar-refractivity contribution in [2.75, 3.05) is 53.6 Å². The second kappa shape index (κ2) is 10.1. The summed E-state index contributed by atoms with van der Waals surface area (Å²) in [5, 5.41) is 0. The SMILES string of the molecule is COC(=O)CN1C[C@@H]2C[C@@H](CC3CCOCC3OC)C[C@]2(C(=O)N2CCc3ncc(C)cc3C2)C1. The molecule has 192 valence electrons. The van der Waals surface area contributed by atoms with E-state index in [2.05, 4.69) is 27.8 Å². The molecule has 2 unspecified atom stereocenters. The van der Waals surface area contributed by atoms with Gasteiger partial charge in [0.25, 0.3) is 0 Å². The van der Waals surface area contributed by atoms with Gasteiger partial charge in [0.05, 0.1) is 31.8 Å². The summed E-state index contributed by atoms with van der Waals surface area (Å²) in [7, 11) is 3.20. The van der Waals surface area contributed by atoms with Gasteiger partial charge in [-0.25, -0.2) is 0 Å². The highest BCUT2D eigenvalue weighted by molar-refractivity contribution is 5.85. The molecular formula is C27H39N3O5. The third kappa shape index (κ3) is 4.85. The summed E-state index contributed by atoms with van der Waals surface area (Å²) in [5.74, 6) is 1.27. The molecule has 3 aliphatic heterocycles. The topological polar surface area (TPSA) is 81.2 Å². The number of methoxy groups -OCH3 is 2. The van der Waals surface area contributed by atoms with Gasteiger partial charge >= 0.3 is 5.97 Å². The predicted octanol–water partition coefficient (Wildman–Crippen LogP) is 2.22. The van der Waals surface area contributed by atoms with Gasteiger partial charge in [-0.3, -0.25) is 19.5 Å². The van der Waals surface area contributed by atoms with Crippen LogP contribution in [0, 0.1) is 30.1 Å². The Hall–Kier alpha value is -2.03. The minimum Gasteiger partial charge on any atom is -0.468 e. The van der Waals surface area contributed by atoms with Crippen LogP contribution in [0.15, 0.2) is 12.3 Å². The highest BCUT2D eigenvalue weighted by atomic mass is 16.5. The minimum absolute atomic E-state index is 0.140. The molecule has 4 aliphatic rings. The first-order valence-corrected chi connectivity index (χ1v) is 13.1. The molecule has 0 aromatic carbocycles. The molecule has 2 saturated heterocycles. The van der Waals surface area contributed by atoms with Crippen molar-refractivity contribution in [2.45, 2.75) is 51.7 Å². The van der Waals surface area contributed by atoms with Gasteiger partial charge in [-0.1, -0.05) is 6.07 Å². The molecule has 5 atom stereocenters. The molecule has 1 aromatic heterocycles. The van der Waals surface area contributed by atoms with Crippen LogP contribution in [0.2, 0.25) is 0 Å². The molecule has 35 heavy (non-hydrogen) atoms. The van der Waals surface area contributed by atoms with Crippen LogP contribution in [0.3, 0.4) is 0 Å². The van der Waals surface area contributed by atoms with Crippen molar-refractivity contribution >= 4 is 11.9 Å². The fourth-order valence-corrected chi connectivity index (χ4v) is 7.24. The highest BCUT2D eigenvalue weighted by Crippen LogP contribution is 2.54. The zero-order chi connectivity index (χ0) is 24.6. The number of rotatable bonds is 6. The number of ether oxygens (including phenoxy) is 3.